The van der Waals surface area contributed by atoms with E-state index in [0.717, 1.165) is 23.7 Å². The zero-order chi connectivity index (χ0) is 10.6. The molecule has 0 saturated carbocycles. The summed E-state index contributed by atoms with van der Waals surface area (Å²) in [6.45, 7) is 4.16. The van der Waals surface area contributed by atoms with Crippen molar-refractivity contribution in [3.8, 4) is 0 Å². The van der Waals surface area contributed by atoms with Crippen molar-refractivity contribution in [3.05, 3.63) is 34.3 Å². The third-order valence-electron chi connectivity index (χ3n) is 2.20. The van der Waals surface area contributed by atoms with Gasteiger partial charge in [0.25, 0.3) is 0 Å². The third kappa shape index (κ3) is 4.77. The number of hydrogen-bond acceptors (Lipinski definition) is 1. The van der Waals surface area contributed by atoms with Crippen molar-refractivity contribution < 1.29 is 0 Å². The number of aryl methyl sites for hydroxylation is 1. The summed E-state index contributed by atoms with van der Waals surface area (Å²) in [6, 6.07) is 8.49. The number of rotatable bonds is 4. The molecule has 0 atom stereocenters. The van der Waals surface area contributed by atoms with Crippen LogP contribution in [0.5, 0.6) is 0 Å². The molecule has 0 radical (unpaired) electrons. The Morgan fingerprint density at radius 3 is 2.29 bits per heavy atom. The van der Waals surface area contributed by atoms with Gasteiger partial charge in [-0.3, -0.25) is 0 Å². The molecule has 0 aliphatic carbocycles. The van der Waals surface area contributed by atoms with E-state index >= 15 is 0 Å². The lowest BCUT2D eigenvalue weighted by Gasteiger charge is -2.17. The fourth-order valence-corrected chi connectivity index (χ4v) is 1.66. The summed E-state index contributed by atoms with van der Waals surface area (Å²) in [5.41, 5.74) is 7.27. The van der Waals surface area contributed by atoms with Gasteiger partial charge >= 0.3 is 0 Å². The lowest BCUT2D eigenvalue weighted by Crippen LogP contribution is -2.31. The number of hydrogen-bond donors (Lipinski definition) is 1. The van der Waals surface area contributed by atoms with Gasteiger partial charge in [-0.2, -0.15) is 0 Å². The van der Waals surface area contributed by atoms with Crippen LogP contribution in [0.1, 0.15) is 32.3 Å². The van der Waals surface area contributed by atoms with Gasteiger partial charge in [-0.25, -0.2) is 0 Å². The van der Waals surface area contributed by atoms with E-state index in [1.165, 1.54) is 5.56 Å². The summed E-state index contributed by atoms with van der Waals surface area (Å²) in [4.78, 5) is 0. The molecular formula is C12H18BrN. The summed E-state index contributed by atoms with van der Waals surface area (Å²) >= 11 is 3.43. The molecule has 0 bridgehead atoms. The van der Waals surface area contributed by atoms with E-state index in [9.17, 15) is 0 Å². The second-order valence-electron chi connectivity index (χ2n) is 4.47. The van der Waals surface area contributed by atoms with Crippen molar-refractivity contribution in [2.24, 2.45) is 5.73 Å². The van der Waals surface area contributed by atoms with Crippen LogP contribution in [-0.2, 0) is 6.42 Å². The third-order valence-corrected chi connectivity index (χ3v) is 2.73. The van der Waals surface area contributed by atoms with Crippen LogP contribution in [0.4, 0.5) is 0 Å². The van der Waals surface area contributed by atoms with Gasteiger partial charge in [0.15, 0.2) is 0 Å². The molecule has 0 amide bonds. The summed E-state index contributed by atoms with van der Waals surface area (Å²) in [7, 11) is 0. The molecule has 0 aromatic heterocycles. The Bertz CT molecular complexity index is 271. The first-order valence-corrected chi connectivity index (χ1v) is 5.80. The van der Waals surface area contributed by atoms with E-state index in [0.29, 0.717) is 0 Å². The highest BCUT2D eigenvalue weighted by Gasteiger charge is 2.09. The predicted molar refractivity (Wildman–Crippen MR) is 65.3 cm³/mol. The van der Waals surface area contributed by atoms with Crippen molar-refractivity contribution in [2.45, 2.75) is 38.6 Å². The minimum absolute atomic E-state index is 0.0324. The molecule has 78 valence electrons. The zero-order valence-electron chi connectivity index (χ0n) is 8.89. The average Bonchev–Trinajstić information content (AvgIpc) is 2.06. The standard InChI is InChI=1S/C12H18BrN/c1-12(2,14)9-3-4-10-5-7-11(13)8-6-10/h5-8H,3-4,9,14H2,1-2H3. The molecule has 0 aliphatic heterocycles. The lowest BCUT2D eigenvalue weighted by molar-refractivity contribution is 0.459. The second-order valence-corrected chi connectivity index (χ2v) is 5.38. The minimum Gasteiger partial charge on any atom is -0.326 e. The van der Waals surface area contributed by atoms with E-state index in [1.54, 1.807) is 0 Å². The molecule has 0 aliphatic rings. The van der Waals surface area contributed by atoms with Crippen LogP contribution in [0.2, 0.25) is 0 Å². The Labute approximate surface area is 94.8 Å². The normalized spacial score (nSPS) is 11.7. The summed E-state index contributed by atoms with van der Waals surface area (Å²) in [5, 5.41) is 0. The Kier molecular flexibility index (Phi) is 4.14. The SMILES string of the molecule is CC(C)(N)CCCc1ccc(Br)cc1. The van der Waals surface area contributed by atoms with E-state index in [-0.39, 0.29) is 5.54 Å². The van der Waals surface area contributed by atoms with Crippen molar-refractivity contribution in [1.29, 1.82) is 0 Å². The molecule has 1 aromatic carbocycles. The van der Waals surface area contributed by atoms with E-state index in [1.807, 2.05) is 0 Å². The van der Waals surface area contributed by atoms with Crippen LogP contribution in [0.25, 0.3) is 0 Å². The van der Waals surface area contributed by atoms with Gasteiger partial charge in [-0.1, -0.05) is 28.1 Å². The van der Waals surface area contributed by atoms with Crippen LogP contribution in [-0.4, -0.2) is 5.54 Å². The molecule has 0 spiro atoms. The maximum Gasteiger partial charge on any atom is 0.0175 e. The molecular weight excluding hydrogens is 238 g/mol. The fraction of sp³-hybridized carbons (Fsp3) is 0.500. The number of nitrogens with two attached hydrogens (primary N) is 1. The molecule has 0 heterocycles. The van der Waals surface area contributed by atoms with E-state index in [2.05, 4.69) is 54.0 Å². The highest BCUT2D eigenvalue weighted by molar-refractivity contribution is 9.10. The van der Waals surface area contributed by atoms with E-state index in [4.69, 9.17) is 5.73 Å². The molecule has 14 heavy (non-hydrogen) atoms. The number of benzene rings is 1. The summed E-state index contributed by atoms with van der Waals surface area (Å²) in [6.07, 6.45) is 3.35. The lowest BCUT2D eigenvalue weighted by atomic mass is 9.97. The van der Waals surface area contributed by atoms with Crippen molar-refractivity contribution >= 4 is 15.9 Å². The van der Waals surface area contributed by atoms with Gasteiger partial charge in [0.1, 0.15) is 0 Å². The molecule has 0 fully saturated rings. The van der Waals surface area contributed by atoms with E-state index < -0.39 is 0 Å². The highest BCUT2D eigenvalue weighted by Crippen LogP contribution is 2.14. The zero-order valence-corrected chi connectivity index (χ0v) is 10.5. The minimum atomic E-state index is -0.0324. The number of halogens is 1. The molecule has 2 N–H and O–H groups in total. The summed E-state index contributed by atoms with van der Waals surface area (Å²) in [5.74, 6) is 0. The predicted octanol–water partition coefficient (Wildman–Crippen LogP) is 3.51. The van der Waals surface area contributed by atoms with Crippen LogP contribution in [0.3, 0.4) is 0 Å². The molecule has 1 rings (SSSR count). The second kappa shape index (κ2) is 4.94. The van der Waals surface area contributed by atoms with Gasteiger partial charge in [0, 0.05) is 10.0 Å². The first kappa shape index (κ1) is 11.7. The van der Waals surface area contributed by atoms with Crippen LogP contribution >= 0.6 is 15.9 Å². The highest BCUT2D eigenvalue weighted by atomic mass is 79.9. The molecule has 1 aromatic rings. The quantitative estimate of drug-likeness (QED) is 0.876. The van der Waals surface area contributed by atoms with Crippen molar-refractivity contribution in [2.75, 3.05) is 0 Å². The van der Waals surface area contributed by atoms with Gasteiger partial charge in [-0.15, -0.1) is 0 Å². The summed E-state index contributed by atoms with van der Waals surface area (Å²) < 4.78 is 1.14. The maximum atomic E-state index is 5.92. The first-order valence-electron chi connectivity index (χ1n) is 5.01. The molecule has 0 saturated heterocycles. The fourth-order valence-electron chi connectivity index (χ4n) is 1.40. The molecule has 0 unspecified atom stereocenters. The Balaban J connectivity index is 2.35. The maximum absolute atomic E-state index is 5.92. The first-order chi connectivity index (χ1) is 6.47. The average molecular weight is 256 g/mol. The van der Waals surface area contributed by atoms with Gasteiger partial charge < -0.3 is 5.73 Å². The molecule has 2 heteroatoms. The Hall–Kier alpha value is -0.340. The largest absolute Gasteiger partial charge is 0.326 e. The smallest absolute Gasteiger partial charge is 0.0175 e. The Morgan fingerprint density at radius 1 is 1.21 bits per heavy atom. The Morgan fingerprint density at radius 2 is 1.79 bits per heavy atom. The van der Waals surface area contributed by atoms with Crippen LogP contribution in [0, 0.1) is 0 Å². The van der Waals surface area contributed by atoms with Crippen molar-refractivity contribution in [1.82, 2.24) is 0 Å². The van der Waals surface area contributed by atoms with Gasteiger partial charge in [0.2, 0.25) is 0 Å². The molecule has 1 nitrogen and oxygen atoms in total. The topological polar surface area (TPSA) is 26.0 Å². The van der Waals surface area contributed by atoms with Gasteiger partial charge in [0.05, 0.1) is 0 Å². The van der Waals surface area contributed by atoms with Crippen molar-refractivity contribution in [3.63, 3.8) is 0 Å². The van der Waals surface area contributed by atoms with Gasteiger partial charge in [-0.05, 0) is 50.8 Å². The van der Waals surface area contributed by atoms with Crippen LogP contribution in [0.15, 0.2) is 28.7 Å². The van der Waals surface area contributed by atoms with Crippen LogP contribution < -0.4 is 5.73 Å². The monoisotopic (exact) mass is 255 g/mol.